The SMILES string of the molecule is Cc1ccc([N+](=O)[O-])cc1-c1ccc(C=NN2C(=O)C3C(C2=O)C2C=CC3C23CC3)o1. The number of hydrogen-bond donors (Lipinski definition) is 0. The Morgan fingerprint density at radius 1 is 1.13 bits per heavy atom. The lowest BCUT2D eigenvalue weighted by Crippen LogP contribution is -2.30. The van der Waals surface area contributed by atoms with E-state index in [1.807, 2.05) is 6.92 Å². The smallest absolute Gasteiger partial charge is 0.270 e. The molecule has 6 rings (SSSR count). The highest BCUT2D eigenvalue weighted by atomic mass is 16.6. The molecule has 1 saturated heterocycles. The molecule has 2 bridgehead atoms. The first-order valence-corrected chi connectivity index (χ1v) is 10.4. The highest BCUT2D eigenvalue weighted by molar-refractivity contribution is 6.07. The molecule has 2 aromatic rings. The molecule has 3 fully saturated rings. The maximum absolute atomic E-state index is 13.0. The van der Waals surface area contributed by atoms with Crippen molar-refractivity contribution in [2.24, 2.45) is 34.2 Å². The summed E-state index contributed by atoms with van der Waals surface area (Å²) < 4.78 is 5.77. The molecule has 3 aliphatic carbocycles. The maximum atomic E-state index is 13.0. The molecular formula is C23H19N3O5. The average molecular weight is 417 g/mol. The summed E-state index contributed by atoms with van der Waals surface area (Å²) >= 11 is 0. The lowest BCUT2D eigenvalue weighted by Gasteiger charge is -2.18. The van der Waals surface area contributed by atoms with Gasteiger partial charge in [-0.1, -0.05) is 18.2 Å². The van der Waals surface area contributed by atoms with E-state index in [1.54, 1.807) is 18.2 Å². The molecule has 8 nitrogen and oxygen atoms in total. The number of rotatable bonds is 4. The predicted molar refractivity (Wildman–Crippen MR) is 110 cm³/mol. The number of carbonyl (C=O) groups excluding carboxylic acids is 2. The monoisotopic (exact) mass is 417 g/mol. The topological polar surface area (TPSA) is 106 Å². The van der Waals surface area contributed by atoms with Crippen LogP contribution in [0, 0.1) is 46.1 Å². The summed E-state index contributed by atoms with van der Waals surface area (Å²) in [5.74, 6) is 0.0993. The number of amides is 2. The van der Waals surface area contributed by atoms with Crippen molar-refractivity contribution in [3.8, 4) is 11.3 Å². The van der Waals surface area contributed by atoms with Crippen LogP contribution < -0.4 is 0 Å². The zero-order valence-electron chi connectivity index (χ0n) is 16.7. The quantitative estimate of drug-likeness (QED) is 0.248. The van der Waals surface area contributed by atoms with Gasteiger partial charge in [0.05, 0.1) is 23.0 Å². The first kappa shape index (κ1) is 18.2. The lowest BCUT2D eigenvalue weighted by atomic mass is 9.85. The van der Waals surface area contributed by atoms with Crippen LogP contribution in [-0.2, 0) is 9.59 Å². The van der Waals surface area contributed by atoms with Crippen molar-refractivity contribution in [1.82, 2.24) is 5.01 Å². The van der Waals surface area contributed by atoms with Crippen LogP contribution in [0.3, 0.4) is 0 Å². The molecule has 2 heterocycles. The number of non-ortho nitro benzene ring substituents is 1. The molecule has 1 spiro atoms. The van der Waals surface area contributed by atoms with E-state index >= 15 is 0 Å². The van der Waals surface area contributed by atoms with Gasteiger partial charge in [-0.15, -0.1) is 0 Å². The summed E-state index contributed by atoms with van der Waals surface area (Å²) in [7, 11) is 0. The van der Waals surface area contributed by atoms with Crippen LogP contribution in [0.25, 0.3) is 11.3 Å². The predicted octanol–water partition coefficient (Wildman–Crippen LogP) is 3.69. The number of nitro benzene ring substituents is 1. The van der Waals surface area contributed by atoms with Gasteiger partial charge in [-0.3, -0.25) is 19.7 Å². The number of imide groups is 1. The molecular weight excluding hydrogens is 398 g/mol. The van der Waals surface area contributed by atoms with Crippen molar-refractivity contribution >= 4 is 23.7 Å². The molecule has 1 aliphatic heterocycles. The van der Waals surface area contributed by atoms with Crippen molar-refractivity contribution in [3.63, 3.8) is 0 Å². The van der Waals surface area contributed by atoms with Gasteiger partial charge in [-0.25, -0.2) is 0 Å². The van der Waals surface area contributed by atoms with Gasteiger partial charge in [-0.2, -0.15) is 10.1 Å². The highest BCUT2D eigenvalue weighted by Gasteiger charge is 2.73. The van der Waals surface area contributed by atoms with Crippen molar-refractivity contribution in [3.05, 3.63) is 63.9 Å². The minimum Gasteiger partial charge on any atom is -0.455 e. The number of hydrazone groups is 1. The number of benzene rings is 1. The third-order valence-electron chi connectivity index (χ3n) is 7.45. The molecule has 31 heavy (non-hydrogen) atoms. The van der Waals surface area contributed by atoms with E-state index in [1.165, 1.54) is 18.3 Å². The summed E-state index contributed by atoms with van der Waals surface area (Å²) in [5.41, 5.74) is 1.57. The summed E-state index contributed by atoms with van der Waals surface area (Å²) in [5, 5.41) is 16.2. The molecule has 156 valence electrons. The van der Waals surface area contributed by atoms with Crippen molar-refractivity contribution < 1.29 is 18.9 Å². The standard InChI is InChI=1S/C23H19N3O5/c1-12-2-3-13(26(29)30)10-15(12)18-7-4-14(31-18)11-24-25-21(27)19-16-5-6-17(20(19)22(25)28)23(16)8-9-23/h2-7,10-11,16-17,19-20H,8-9H2,1H3. The van der Waals surface area contributed by atoms with Gasteiger partial charge in [0.1, 0.15) is 11.5 Å². The van der Waals surface area contributed by atoms with Crippen LogP contribution in [0.5, 0.6) is 0 Å². The van der Waals surface area contributed by atoms with Gasteiger partial charge >= 0.3 is 0 Å². The van der Waals surface area contributed by atoms with Crippen molar-refractivity contribution in [1.29, 1.82) is 0 Å². The van der Waals surface area contributed by atoms with E-state index < -0.39 is 4.92 Å². The van der Waals surface area contributed by atoms with E-state index in [4.69, 9.17) is 4.42 Å². The zero-order valence-corrected chi connectivity index (χ0v) is 16.7. The number of fused-ring (bicyclic) bond motifs is 3. The summed E-state index contributed by atoms with van der Waals surface area (Å²) in [6.45, 7) is 1.84. The maximum Gasteiger partial charge on any atom is 0.270 e. The average Bonchev–Trinajstić information content (AvgIpc) is 3.03. The van der Waals surface area contributed by atoms with Gasteiger partial charge in [0, 0.05) is 17.7 Å². The molecule has 8 heteroatoms. The second kappa shape index (κ2) is 6.00. The molecule has 4 atom stereocenters. The lowest BCUT2D eigenvalue weighted by molar-refractivity contribution is -0.384. The fourth-order valence-corrected chi connectivity index (χ4v) is 5.85. The minimum absolute atomic E-state index is 0.0244. The molecule has 4 aliphatic rings. The minimum atomic E-state index is -0.455. The second-order valence-electron chi connectivity index (χ2n) is 8.91. The normalized spacial score (nSPS) is 29.5. The van der Waals surface area contributed by atoms with Gasteiger partial charge < -0.3 is 4.42 Å². The van der Waals surface area contributed by atoms with E-state index in [2.05, 4.69) is 17.3 Å². The second-order valence-corrected chi connectivity index (χ2v) is 8.91. The van der Waals surface area contributed by atoms with Gasteiger partial charge in [-0.05, 0) is 54.7 Å². The highest BCUT2D eigenvalue weighted by Crippen LogP contribution is 2.73. The van der Waals surface area contributed by atoms with Gasteiger partial charge in [0.2, 0.25) is 0 Å². The van der Waals surface area contributed by atoms with E-state index in [9.17, 15) is 19.7 Å². The molecule has 2 saturated carbocycles. The Labute approximate surface area is 177 Å². The Kier molecular flexibility index (Phi) is 3.53. The Balaban J connectivity index is 1.24. The third-order valence-corrected chi connectivity index (χ3v) is 7.45. The Morgan fingerprint density at radius 2 is 1.81 bits per heavy atom. The summed E-state index contributed by atoms with van der Waals surface area (Å²) in [6, 6.07) is 7.92. The number of allylic oxidation sites excluding steroid dienone is 2. The summed E-state index contributed by atoms with van der Waals surface area (Å²) in [4.78, 5) is 36.5. The van der Waals surface area contributed by atoms with Crippen LogP contribution in [0.15, 0.2) is 52.0 Å². The van der Waals surface area contributed by atoms with Crippen LogP contribution in [0.1, 0.15) is 24.2 Å². The number of nitro groups is 1. The Bertz CT molecular complexity index is 1190. The first-order chi connectivity index (χ1) is 14.9. The number of furan rings is 1. The van der Waals surface area contributed by atoms with E-state index in [0.29, 0.717) is 17.1 Å². The molecule has 1 aromatic heterocycles. The molecule has 2 amide bonds. The summed E-state index contributed by atoms with van der Waals surface area (Å²) in [6.07, 6.45) is 7.79. The van der Waals surface area contributed by atoms with Crippen LogP contribution in [-0.4, -0.2) is 28.0 Å². The van der Waals surface area contributed by atoms with Gasteiger partial charge in [0.15, 0.2) is 0 Å². The number of nitrogens with zero attached hydrogens (tertiary/aromatic N) is 3. The number of carbonyl (C=O) groups is 2. The van der Waals surface area contributed by atoms with Crippen LogP contribution in [0.2, 0.25) is 0 Å². The Morgan fingerprint density at radius 3 is 2.42 bits per heavy atom. The fraction of sp³-hybridized carbons (Fsp3) is 0.348. The van der Waals surface area contributed by atoms with Crippen LogP contribution in [0.4, 0.5) is 5.69 Å². The largest absolute Gasteiger partial charge is 0.455 e. The Hall–Kier alpha value is -3.55. The number of aryl methyl sites for hydroxylation is 1. The zero-order chi connectivity index (χ0) is 21.5. The molecule has 4 unspecified atom stereocenters. The molecule has 1 aromatic carbocycles. The van der Waals surface area contributed by atoms with E-state index in [0.717, 1.165) is 23.4 Å². The van der Waals surface area contributed by atoms with Crippen molar-refractivity contribution in [2.45, 2.75) is 19.8 Å². The molecule has 0 radical (unpaired) electrons. The fourth-order valence-electron chi connectivity index (χ4n) is 5.85. The van der Waals surface area contributed by atoms with Crippen molar-refractivity contribution in [2.75, 3.05) is 0 Å². The molecule has 0 N–H and O–H groups in total. The first-order valence-electron chi connectivity index (χ1n) is 10.4. The van der Waals surface area contributed by atoms with Gasteiger partial charge in [0.25, 0.3) is 17.5 Å². The number of hydrogen-bond acceptors (Lipinski definition) is 6. The third kappa shape index (κ3) is 2.38. The van der Waals surface area contributed by atoms with E-state index in [-0.39, 0.29) is 46.6 Å². The van der Waals surface area contributed by atoms with Crippen LogP contribution >= 0.6 is 0 Å².